The van der Waals surface area contributed by atoms with Gasteiger partial charge in [-0.15, -0.1) is 0 Å². The molecule has 2 aliphatic rings. The van der Waals surface area contributed by atoms with Crippen molar-refractivity contribution in [1.29, 1.82) is 0 Å². The molecule has 0 nitrogen and oxygen atoms in total. The van der Waals surface area contributed by atoms with Crippen LogP contribution in [0.15, 0.2) is 23.8 Å². The molecule has 1 fully saturated rings. The summed E-state index contributed by atoms with van der Waals surface area (Å²) < 4.78 is 0. The molecule has 0 aromatic carbocycles. The molecule has 0 spiro atoms. The second kappa shape index (κ2) is 3.08. The van der Waals surface area contributed by atoms with Crippen molar-refractivity contribution in [2.24, 2.45) is 17.8 Å². The lowest BCUT2D eigenvalue weighted by Gasteiger charge is -2.14. The molecule has 0 radical (unpaired) electrons. The molecule has 2 aliphatic carbocycles. The Morgan fingerprint density at radius 3 is 2.75 bits per heavy atom. The number of rotatable bonds is 2. The molecule has 0 N–H and O–H groups in total. The average molecular weight is 162 g/mol. The maximum absolute atomic E-state index is 2.51. The summed E-state index contributed by atoms with van der Waals surface area (Å²) in [5.41, 5.74) is 1.57. The molecule has 3 atom stereocenters. The zero-order chi connectivity index (χ0) is 8.55. The Labute approximate surface area is 75.4 Å². The molecule has 2 rings (SSSR count). The average Bonchev–Trinajstić information content (AvgIpc) is 2.64. The van der Waals surface area contributed by atoms with Gasteiger partial charge in [-0.1, -0.05) is 30.7 Å². The van der Waals surface area contributed by atoms with Gasteiger partial charge >= 0.3 is 0 Å². The highest BCUT2D eigenvalue weighted by Gasteiger charge is 2.33. The van der Waals surface area contributed by atoms with Crippen molar-refractivity contribution in [2.45, 2.75) is 33.1 Å². The van der Waals surface area contributed by atoms with E-state index in [1.165, 1.54) is 19.3 Å². The van der Waals surface area contributed by atoms with Gasteiger partial charge in [0, 0.05) is 0 Å². The predicted octanol–water partition coefficient (Wildman–Crippen LogP) is 3.55. The van der Waals surface area contributed by atoms with E-state index in [9.17, 15) is 0 Å². The lowest BCUT2D eigenvalue weighted by atomic mass is 9.91. The lowest BCUT2D eigenvalue weighted by Crippen LogP contribution is -2.03. The largest absolute Gasteiger partial charge is 0.0851 e. The Morgan fingerprint density at radius 1 is 1.42 bits per heavy atom. The van der Waals surface area contributed by atoms with Crippen LogP contribution in [-0.4, -0.2) is 0 Å². The number of hydrogen-bond acceptors (Lipinski definition) is 0. The highest BCUT2D eigenvalue weighted by atomic mass is 14.4. The van der Waals surface area contributed by atoms with Gasteiger partial charge < -0.3 is 0 Å². The predicted molar refractivity (Wildman–Crippen MR) is 52.9 cm³/mol. The van der Waals surface area contributed by atoms with Crippen molar-refractivity contribution >= 4 is 0 Å². The molecule has 0 aliphatic heterocycles. The Hall–Kier alpha value is -0.520. The SMILES string of the molecule is CC/C(C)=C\C1CC2C=CC1C2. The topological polar surface area (TPSA) is 0 Å². The highest BCUT2D eigenvalue weighted by molar-refractivity contribution is 5.16. The van der Waals surface area contributed by atoms with Crippen LogP contribution in [0.2, 0.25) is 0 Å². The van der Waals surface area contributed by atoms with Crippen molar-refractivity contribution in [1.82, 2.24) is 0 Å². The quantitative estimate of drug-likeness (QED) is 0.545. The van der Waals surface area contributed by atoms with Gasteiger partial charge in [0.2, 0.25) is 0 Å². The van der Waals surface area contributed by atoms with E-state index >= 15 is 0 Å². The van der Waals surface area contributed by atoms with Crippen LogP contribution >= 0.6 is 0 Å². The maximum Gasteiger partial charge on any atom is -0.0162 e. The van der Waals surface area contributed by atoms with Crippen LogP contribution in [0.5, 0.6) is 0 Å². The molecule has 0 amide bonds. The molecular formula is C12H18. The third kappa shape index (κ3) is 1.35. The standard InChI is InChI=1S/C12H18/c1-3-9(2)6-12-8-10-4-5-11(12)7-10/h4-6,10-12H,3,7-8H2,1-2H3/b9-6-. The summed E-state index contributed by atoms with van der Waals surface area (Å²) in [6.45, 7) is 4.50. The van der Waals surface area contributed by atoms with E-state index in [4.69, 9.17) is 0 Å². The number of allylic oxidation sites excluding steroid dienone is 4. The smallest absolute Gasteiger partial charge is 0.0162 e. The lowest BCUT2D eigenvalue weighted by molar-refractivity contribution is 0.545. The molecular weight excluding hydrogens is 144 g/mol. The third-order valence-corrected chi connectivity index (χ3v) is 3.39. The summed E-state index contributed by atoms with van der Waals surface area (Å²) in [5, 5.41) is 0. The van der Waals surface area contributed by atoms with Crippen LogP contribution < -0.4 is 0 Å². The molecule has 0 saturated heterocycles. The number of fused-ring (bicyclic) bond motifs is 2. The van der Waals surface area contributed by atoms with E-state index in [0.29, 0.717) is 0 Å². The van der Waals surface area contributed by atoms with Crippen LogP contribution in [0.4, 0.5) is 0 Å². The Bertz CT molecular complexity index is 222. The van der Waals surface area contributed by atoms with Crippen molar-refractivity contribution in [2.75, 3.05) is 0 Å². The maximum atomic E-state index is 2.51. The molecule has 0 heteroatoms. The zero-order valence-corrected chi connectivity index (χ0v) is 8.09. The number of hydrogen-bond donors (Lipinski definition) is 0. The van der Waals surface area contributed by atoms with E-state index in [-0.39, 0.29) is 0 Å². The summed E-state index contributed by atoms with van der Waals surface area (Å²) in [6, 6.07) is 0. The van der Waals surface area contributed by atoms with Crippen LogP contribution in [-0.2, 0) is 0 Å². The first-order valence-electron chi connectivity index (χ1n) is 5.15. The summed E-state index contributed by atoms with van der Waals surface area (Å²) in [6.07, 6.45) is 11.4. The van der Waals surface area contributed by atoms with E-state index in [1.54, 1.807) is 5.57 Å². The van der Waals surface area contributed by atoms with Gasteiger partial charge in [-0.05, 0) is 43.9 Å². The van der Waals surface area contributed by atoms with Crippen molar-refractivity contribution in [3.8, 4) is 0 Å². The molecule has 3 unspecified atom stereocenters. The minimum Gasteiger partial charge on any atom is -0.0851 e. The van der Waals surface area contributed by atoms with Crippen molar-refractivity contribution in [3.05, 3.63) is 23.8 Å². The fraction of sp³-hybridized carbons (Fsp3) is 0.667. The van der Waals surface area contributed by atoms with Gasteiger partial charge in [-0.3, -0.25) is 0 Å². The van der Waals surface area contributed by atoms with Crippen LogP contribution in [0.3, 0.4) is 0 Å². The fourth-order valence-corrected chi connectivity index (χ4v) is 2.50. The second-order valence-electron chi connectivity index (χ2n) is 4.31. The Morgan fingerprint density at radius 2 is 2.25 bits per heavy atom. The third-order valence-electron chi connectivity index (χ3n) is 3.39. The zero-order valence-electron chi connectivity index (χ0n) is 8.09. The van der Waals surface area contributed by atoms with Crippen molar-refractivity contribution < 1.29 is 0 Å². The highest BCUT2D eigenvalue weighted by Crippen LogP contribution is 2.44. The van der Waals surface area contributed by atoms with Crippen LogP contribution in [0, 0.1) is 17.8 Å². The molecule has 2 bridgehead atoms. The monoisotopic (exact) mass is 162 g/mol. The van der Waals surface area contributed by atoms with Crippen LogP contribution in [0.1, 0.15) is 33.1 Å². The Kier molecular flexibility index (Phi) is 2.08. The molecule has 1 saturated carbocycles. The van der Waals surface area contributed by atoms with Gasteiger partial charge in [-0.2, -0.15) is 0 Å². The van der Waals surface area contributed by atoms with Gasteiger partial charge in [0.25, 0.3) is 0 Å². The minimum atomic E-state index is 0.875. The normalized spacial score (nSPS) is 39.5. The van der Waals surface area contributed by atoms with Gasteiger partial charge in [0.05, 0.1) is 0 Å². The van der Waals surface area contributed by atoms with E-state index < -0.39 is 0 Å². The summed E-state index contributed by atoms with van der Waals surface area (Å²) in [5.74, 6) is 2.68. The summed E-state index contributed by atoms with van der Waals surface area (Å²) >= 11 is 0. The minimum absolute atomic E-state index is 0.875. The summed E-state index contributed by atoms with van der Waals surface area (Å²) in [4.78, 5) is 0. The molecule has 12 heavy (non-hydrogen) atoms. The van der Waals surface area contributed by atoms with E-state index in [1.807, 2.05) is 0 Å². The first kappa shape index (κ1) is 8.10. The van der Waals surface area contributed by atoms with Crippen LogP contribution in [0.25, 0.3) is 0 Å². The molecule has 0 heterocycles. The van der Waals surface area contributed by atoms with Gasteiger partial charge in [-0.25, -0.2) is 0 Å². The molecule has 0 aromatic heterocycles. The van der Waals surface area contributed by atoms with E-state index in [2.05, 4.69) is 32.1 Å². The van der Waals surface area contributed by atoms with Gasteiger partial charge in [0.1, 0.15) is 0 Å². The Balaban J connectivity index is 2.04. The molecule has 66 valence electrons. The second-order valence-corrected chi connectivity index (χ2v) is 4.31. The first-order valence-corrected chi connectivity index (χ1v) is 5.15. The van der Waals surface area contributed by atoms with Crippen molar-refractivity contribution in [3.63, 3.8) is 0 Å². The van der Waals surface area contributed by atoms with E-state index in [0.717, 1.165) is 17.8 Å². The fourth-order valence-electron chi connectivity index (χ4n) is 2.50. The first-order chi connectivity index (χ1) is 5.79. The summed E-state index contributed by atoms with van der Waals surface area (Å²) in [7, 11) is 0. The van der Waals surface area contributed by atoms with Gasteiger partial charge in [0.15, 0.2) is 0 Å². The molecule has 0 aromatic rings.